The number of amidine groups is 1. The van der Waals surface area contributed by atoms with Gasteiger partial charge in [0.25, 0.3) is 0 Å². The van der Waals surface area contributed by atoms with Gasteiger partial charge in [-0.1, -0.05) is 48.2 Å². The maximum absolute atomic E-state index is 12.8. The Kier molecular flexibility index (Phi) is 6.62. The van der Waals surface area contributed by atoms with E-state index in [0.717, 1.165) is 5.69 Å². The van der Waals surface area contributed by atoms with E-state index in [1.807, 2.05) is 36.4 Å². The van der Waals surface area contributed by atoms with Crippen molar-refractivity contribution in [2.75, 3.05) is 23.4 Å². The Morgan fingerprint density at radius 2 is 1.78 bits per heavy atom. The van der Waals surface area contributed by atoms with Gasteiger partial charge in [-0.05, 0) is 30.7 Å². The molecule has 1 aliphatic heterocycles. The molecule has 1 atom stereocenters. The molecule has 1 saturated heterocycles. The van der Waals surface area contributed by atoms with E-state index in [4.69, 9.17) is 5.11 Å². The van der Waals surface area contributed by atoms with E-state index in [0.29, 0.717) is 23.8 Å². The molecule has 0 radical (unpaired) electrons. The molecule has 0 aromatic heterocycles. The molecule has 0 unspecified atom stereocenters. The highest BCUT2D eigenvalue weighted by Crippen LogP contribution is 2.30. The molecule has 1 fully saturated rings. The fraction of sp³-hybridized carbons (Fsp3) is 0.250. The predicted molar refractivity (Wildman–Crippen MR) is 109 cm³/mol. The summed E-state index contributed by atoms with van der Waals surface area (Å²) in [6.45, 7) is 0.491. The summed E-state index contributed by atoms with van der Waals surface area (Å²) in [5.74, 6) is -0.445. The normalized spacial score (nSPS) is 17.4. The van der Waals surface area contributed by atoms with Gasteiger partial charge in [0.15, 0.2) is 5.17 Å². The van der Waals surface area contributed by atoms with Gasteiger partial charge in [-0.15, -0.1) is 0 Å². The van der Waals surface area contributed by atoms with Crippen molar-refractivity contribution >= 4 is 40.1 Å². The molecule has 6 nitrogen and oxygen atoms in total. The van der Waals surface area contributed by atoms with E-state index in [-0.39, 0.29) is 24.8 Å². The minimum absolute atomic E-state index is 0.0510. The first kappa shape index (κ1) is 19.1. The quantitative estimate of drug-likeness (QED) is 0.347. The molecule has 1 heterocycles. The molecule has 7 heteroatoms. The lowest BCUT2D eigenvalue weighted by Gasteiger charge is -2.16. The number of thioether (sulfide) groups is 1. The highest BCUT2D eigenvalue weighted by Gasteiger charge is 2.40. The number of aliphatic hydroxyl groups is 1. The van der Waals surface area contributed by atoms with Crippen LogP contribution in [0.3, 0.4) is 0 Å². The first-order chi connectivity index (χ1) is 13.2. The minimum Gasteiger partial charge on any atom is -0.396 e. The van der Waals surface area contributed by atoms with Crippen molar-refractivity contribution in [3.63, 3.8) is 0 Å². The van der Waals surface area contributed by atoms with Crippen LogP contribution in [0.1, 0.15) is 12.8 Å². The summed E-state index contributed by atoms with van der Waals surface area (Å²) in [7, 11) is 0. The van der Waals surface area contributed by atoms with Crippen molar-refractivity contribution < 1.29 is 14.7 Å². The van der Waals surface area contributed by atoms with Gasteiger partial charge in [0.1, 0.15) is 5.25 Å². The standard InChI is InChI=1S/C20H21N3O3S/c24-13-7-12-21-20(22-15-8-3-1-4-9-15)27-17-14-18(25)23(19(17)26)16-10-5-2-6-11-16/h1-6,8-11,17,24H,7,12-14H2,(H,21,22)/t17-/m1/s1. The second-order valence-electron chi connectivity index (χ2n) is 5.97. The Morgan fingerprint density at radius 1 is 1.11 bits per heavy atom. The summed E-state index contributed by atoms with van der Waals surface area (Å²) in [6, 6.07) is 18.5. The zero-order valence-electron chi connectivity index (χ0n) is 14.7. The van der Waals surface area contributed by atoms with Crippen LogP contribution in [0.4, 0.5) is 11.4 Å². The van der Waals surface area contributed by atoms with Gasteiger partial charge >= 0.3 is 0 Å². The summed E-state index contributed by atoms with van der Waals surface area (Å²) in [6.07, 6.45) is 0.669. The lowest BCUT2D eigenvalue weighted by atomic mass is 10.3. The zero-order chi connectivity index (χ0) is 19.1. The molecular weight excluding hydrogens is 362 g/mol. The van der Waals surface area contributed by atoms with E-state index in [1.165, 1.54) is 16.7 Å². The second-order valence-corrected chi connectivity index (χ2v) is 7.16. The average Bonchev–Trinajstić information content (AvgIpc) is 2.96. The van der Waals surface area contributed by atoms with Crippen molar-refractivity contribution in [2.24, 2.45) is 4.99 Å². The van der Waals surface area contributed by atoms with Gasteiger partial charge in [-0.2, -0.15) is 0 Å². The summed E-state index contributed by atoms with van der Waals surface area (Å²) < 4.78 is 0. The molecule has 1 aliphatic rings. The Bertz CT molecular complexity index is 812. The Morgan fingerprint density at radius 3 is 2.44 bits per heavy atom. The van der Waals surface area contributed by atoms with Crippen LogP contribution in [0, 0.1) is 0 Å². The van der Waals surface area contributed by atoms with Crippen LogP contribution in [0.2, 0.25) is 0 Å². The Labute approximate surface area is 162 Å². The number of hydrogen-bond donors (Lipinski definition) is 2. The Hall–Kier alpha value is -2.64. The fourth-order valence-electron chi connectivity index (χ4n) is 2.68. The van der Waals surface area contributed by atoms with Gasteiger partial charge < -0.3 is 10.4 Å². The Balaban J connectivity index is 1.74. The minimum atomic E-state index is -0.526. The van der Waals surface area contributed by atoms with Gasteiger partial charge in [0, 0.05) is 25.3 Å². The zero-order valence-corrected chi connectivity index (χ0v) is 15.6. The number of aliphatic imine (C=N–C) groups is 1. The maximum atomic E-state index is 12.8. The van der Waals surface area contributed by atoms with E-state index < -0.39 is 5.25 Å². The lowest BCUT2D eigenvalue weighted by Crippen LogP contribution is -2.31. The summed E-state index contributed by atoms with van der Waals surface area (Å²) in [5.41, 5.74) is 1.44. The molecule has 0 spiro atoms. The average molecular weight is 383 g/mol. The number of benzene rings is 2. The van der Waals surface area contributed by atoms with E-state index in [1.54, 1.807) is 24.3 Å². The van der Waals surface area contributed by atoms with Crippen LogP contribution in [-0.4, -0.2) is 40.5 Å². The second kappa shape index (κ2) is 9.34. The number of carbonyl (C=O) groups excluding carboxylic acids is 2. The largest absolute Gasteiger partial charge is 0.396 e. The fourth-order valence-corrected chi connectivity index (χ4v) is 3.73. The molecule has 2 aromatic carbocycles. The third-order valence-electron chi connectivity index (χ3n) is 3.97. The molecule has 3 rings (SSSR count). The number of imide groups is 1. The molecule has 2 N–H and O–H groups in total. The van der Waals surface area contributed by atoms with Crippen molar-refractivity contribution in [1.29, 1.82) is 0 Å². The first-order valence-corrected chi connectivity index (χ1v) is 9.63. The van der Waals surface area contributed by atoms with Gasteiger partial charge in [0.05, 0.1) is 5.69 Å². The highest BCUT2D eigenvalue weighted by atomic mass is 32.2. The number of carbonyl (C=O) groups is 2. The number of nitrogens with one attached hydrogen (secondary N) is 1. The van der Waals surface area contributed by atoms with E-state index >= 15 is 0 Å². The first-order valence-electron chi connectivity index (χ1n) is 8.75. The van der Waals surface area contributed by atoms with Gasteiger partial charge in [-0.25, -0.2) is 4.90 Å². The van der Waals surface area contributed by atoms with Crippen LogP contribution < -0.4 is 10.2 Å². The van der Waals surface area contributed by atoms with Crippen LogP contribution in [0.5, 0.6) is 0 Å². The molecule has 2 aromatic rings. The maximum Gasteiger partial charge on any atom is 0.247 e. The van der Waals surface area contributed by atoms with Gasteiger partial charge in [-0.3, -0.25) is 14.6 Å². The number of rotatable bonds is 6. The number of para-hydroxylation sites is 2. The topological polar surface area (TPSA) is 82.0 Å². The van der Waals surface area contributed by atoms with Crippen LogP contribution >= 0.6 is 11.8 Å². The predicted octanol–water partition coefficient (Wildman–Crippen LogP) is 2.90. The number of anilines is 2. The van der Waals surface area contributed by atoms with Crippen LogP contribution in [0.25, 0.3) is 0 Å². The van der Waals surface area contributed by atoms with Crippen molar-refractivity contribution in [3.8, 4) is 0 Å². The SMILES string of the molecule is O=C1C[C@@H](SC(=NCCCO)Nc2ccccc2)C(=O)N1c1ccccc1. The summed E-state index contributed by atoms with van der Waals surface area (Å²) in [5, 5.41) is 12.2. The highest BCUT2D eigenvalue weighted by molar-refractivity contribution is 8.15. The number of nitrogens with zero attached hydrogens (tertiary/aromatic N) is 2. The molecule has 0 bridgehead atoms. The van der Waals surface area contributed by atoms with Crippen molar-refractivity contribution in [1.82, 2.24) is 0 Å². The molecular formula is C20H21N3O3S. The van der Waals surface area contributed by atoms with E-state index in [2.05, 4.69) is 10.3 Å². The summed E-state index contributed by atoms with van der Waals surface area (Å²) in [4.78, 5) is 30.9. The van der Waals surface area contributed by atoms with Crippen LogP contribution in [-0.2, 0) is 9.59 Å². The van der Waals surface area contributed by atoms with Crippen LogP contribution in [0.15, 0.2) is 65.7 Å². The monoisotopic (exact) mass is 383 g/mol. The number of amides is 2. The molecule has 2 amide bonds. The molecule has 140 valence electrons. The number of hydrogen-bond acceptors (Lipinski definition) is 5. The summed E-state index contributed by atoms with van der Waals surface area (Å²) >= 11 is 1.25. The van der Waals surface area contributed by atoms with Gasteiger partial charge in [0.2, 0.25) is 11.8 Å². The third-order valence-corrected chi connectivity index (χ3v) is 5.08. The lowest BCUT2D eigenvalue weighted by molar-refractivity contribution is -0.121. The smallest absolute Gasteiger partial charge is 0.247 e. The van der Waals surface area contributed by atoms with Crippen molar-refractivity contribution in [3.05, 3.63) is 60.7 Å². The third kappa shape index (κ3) is 4.96. The molecule has 0 aliphatic carbocycles. The molecule has 0 saturated carbocycles. The number of aliphatic hydroxyl groups excluding tert-OH is 1. The molecule has 27 heavy (non-hydrogen) atoms. The van der Waals surface area contributed by atoms with E-state index in [9.17, 15) is 9.59 Å². The van der Waals surface area contributed by atoms with Crippen molar-refractivity contribution in [2.45, 2.75) is 18.1 Å².